The van der Waals surface area contributed by atoms with Crippen LogP contribution in [0.5, 0.6) is 0 Å². The van der Waals surface area contributed by atoms with Crippen molar-refractivity contribution < 1.29 is 14.7 Å². The zero-order valence-electron chi connectivity index (χ0n) is 16.0. The quantitative estimate of drug-likeness (QED) is 0.898. The Balaban J connectivity index is 1.90. The molecule has 2 aliphatic rings. The third-order valence-corrected chi connectivity index (χ3v) is 6.40. The van der Waals surface area contributed by atoms with Crippen molar-refractivity contribution in [2.75, 3.05) is 33.2 Å². The third kappa shape index (κ3) is 3.37. The predicted octanol–water partition coefficient (Wildman–Crippen LogP) is 2.47. The molecule has 142 valence electrons. The summed E-state index contributed by atoms with van der Waals surface area (Å²) in [5, 5.41) is 9.61. The number of hydrogen-bond acceptors (Lipinski definition) is 3. The zero-order valence-corrected chi connectivity index (χ0v) is 16.0. The lowest BCUT2D eigenvalue weighted by atomic mass is 9.71. The molecule has 1 aromatic rings. The van der Waals surface area contributed by atoms with Crippen molar-refractivity contribution in [1.29, 1.82) is 0 Å². The number of nitrogens with zero attached hydrogens (tertiary/aromatic N) is 2. The second-order valence-corrected chi connectivity index (χ2v) is 8.31. The van der Waals surface area contributed by atoms with E-state index in [9.17, 15) is 14.7 Å². The Bertz CT molecular complexity index is 650. The van der Waals surface area contributed by atoms with Crippen LogP contribution in [0, 0.1) is 17.8 Å². The van der Waals surface area contributed by atoms with E-state index in [2.05, 4.69) is 25.8 Å². The summed E-state index contributed by atoms with van der Waals surface area (Å²) < 4.78 is 0. The molecule has 1 amide bonds. The number of piperidine rings is 1. The smallest absolute Gasteiger partial charge is 0.308 e. The van der Waals surface area contributed by atoms with Gasteiger partial charge in [0.2, 0.25) is 5.91 Å². The molecule has 1 aromatic carbocycles. The molecule has 26 heavy (non-hydrogen) atoms. The van der Waals surface area contributed by atoms with E-state index in [1.54, 1.807) is 0 Å². The van der Waals surface area contributed by atoms with Gasteiger partial charge in [0.05, 0.1) is 11.3 Å². The number of carbonyl (C=O) groups excluding carboxylic acids is 1. The minimum absolute atomic E-state index is 0.0236. The van der Waals surface area contributed by atoms with Crippen LogP contribution in [0.3, 0.4) is 0 Å². The van der Waals surface area contributed by atoms with Crippen molar-refractivity contribution in [2.24, 2.45) is 17.8 Å². The first-order valence-corrected chi connectivity index (χ1v) is 9.61. The number of amides is 1. The van der Waals surface area contributed by atoms with Crippen LogP contribution in [-0.2, 0) is 15.0 Å². The van der Waals surface area contributed by atoms with Gasteiger partial charge in [0.15, 0.2) is 0 Å². The maximum atomic E-state index is 13.7. The van der Waals surface area contributed by atoms with Crippen molar-refractivity contribution >= 4 is 11.9 Å². The van der Waals surface area contributed by atoms with Gasteiger partial charge in [-0.3, -0.25) is 9.59 Å². The molecule has 3 rings (SSSR count). The van der Waals surface area contributed by atoms with Crippen LogP contribution in [0.15, 0.2) is 30.3 Å². The molecule has 2 atom stereocenters. The summed E-state index contributed by atoms with van der Waals surface area (Å²) in [7, 11) is 2.09. The molecule has 2 fully saturated rings. The van der Waals surface area contributed by atoms with E-state index in [1.807, 2.05) is 35.2 Å². The van der Waals surface area contributed by atoms with Crippen molar-refractivity contribution in [3.8, 4) is 0 Å². The summed E-state index contributed by atoms with van der Waals surface area (Å²) >= 11 is 0. The Morgan fingerprint density at radius 3 is 2.23 bits per heavy atom. The molecule has 0 spiro atoms. The van der Waals surface area contributed by atoms with Gasteiger partial charge in [-0.2, -0.15) is 0 Å². The maximum absolute atomic E-state index is 13.7. The standard InChI is InChI=1S/C21H30N2O3/c1-15(2)17-13-23(14-18(17)19(24)25)20(26)21(9-11-22(3)12-10-21)16-7-5-4-6-8-16/h4-8,15,17-18H,9-14H2,1-3H3,(H,24,25)/t17-,18+/m0/s1. The van der Waals surface area contributed by atoms with Gasteiger partial charge in [-0.1, -0.05) is 44.2 Å². The highest BCUT2D eigenvalue weighted by molar-refractivity contribution is 5.89. The second kappa shape index (κ2) is 7.39. The summed E-state index contributed by atoms with van der Waals surface area (Å²) in [6, 6.07) is 10.1. The SMILES string of the molecule is CC(C)[C@@H]1CN(C(=O)C2(c3ccccc3)CCN(C)CC2)C[C@H]1C(=O)O. The molecule has 2 aliphatic heterocycles. The molecule has 5 nitrogen and oxygen atoms in total. The molecule has 0 unspecified atom stereocenters. The Labute approximate surface area is 156 Å². The number of carbonyl (C=O) groups is 2. The van der Waals surface area contributed by atoms with E-state index in [0.29, 0.717) is 13.1 Å². The van der Waals surface area contributed by atoms with Crippen LogP contribution < -0.4 is 0 Å². The van der Waals surface area contributed by atoms with Crippen LogP contribution >= 0.6 is 0 Å². The van der Waals surface area contributed by atoms with Gasteiger partial charge in [0.25, 0.3) is 0 Å². The van der Waals surface area contributed by atoms with Gasteiger partial charge in [-0.15, -0.1) is 0 Å². The molecule has 2 heterocycles. The van der Waals surface area contributed by atoms with Gasteiger partial charge >= 0.3 is 5.97 Å². The number of carboxylic acids is 1. The molecule has 0 bridgehead atoms. The van der Waals surface area contributed by atoms with E-state index in [-0.39, 0.29) is 17.7 Å². The number of rotatable bonds is 4. The maximum Gasteiger partial charge on any atom is 0.308 e. The summed E-state index contributed by atoms with van der Waals surface area (Å²) in [4.78, 5) is 29.5. The largest absolute Gasteiger partial charge is 0.481 e. The van der Waals surface area contributed by atoms with Crippen LogP contribution in [0.2, 0.25) is 0 Å². The summed E-state index contributed by atoms with van der Waals surface area (Å²) in [5.74, 6) is -0.852. The summed E-state index contributed by atoms with van der Waals surface area (Å²) in [6.07, 6.45) is 1.57. The van der Waals surface area contributed by atoms with Gasteiger partial charge in [0, 0.05) is 13.1 Å². The molecule has 1 N–H and O–H groups in total. The highest BCUT2D eigenvalue weighted by atomic mass is 16.4. The fourth-order valence-corrected chi connectivity index (χ4v) is 4.62. The number of carboxylic acid groups (broad SMARTS) is 1. The van der Waals surface area contributed by atoms with E-state index in [1.165, 1.54) is 0 Å². The Hall–Kier alpha value is -1.88. The minimum Gasteiger partial charge on any atom is -0.481 e. The Morgan fingerprint density at radius 2 is 1.73 bits per heavy atom. The van der Waals surface area contributed by atoms with Crippen molar-refractivity contribution in [2.45, 2.75) is 32.1 Å². The summed E-state index contributed by atoms with van der Waals surface area (Å²) in [6.45, 7) is 6.75. The number of hydrogen-bond donors (Lipinski definition) is 1. The third-order valence-electron chi connectivity index (χ3n) is 6.40. The lowest BCUT2D eigenvalue weighted by molar-refractivity contribution is -0.143. The van der Waals surface area contributed by atoms with E-state index < -0.39 is 17.3 Å². The summed E-state index contributed by atoms with van der Waals surface area (Å²) in [5.41, 5.74) is 0.542. The van der Waals surface area contributed by atoms with Crippen LogP contribution in [0.1, 0.15) is 32.3 Å². The second-order valence-electron chi connectivity index (χ2n) is 8.31. The lowest BCUT2D eigenvalue weighted by Gasteiger charge is -2.42. The molecule has 0 aromatic heterocycles. The number of likely N-dealkylation sites (tertiary alicyclic amines) is 2. The lowest BCUT2D eigenvalue weighted by Crippen LogP contribution is -2.52. The Morgan fingerprint density at radius 1 is 1.12 bits per heavy atom. The normalized spacial score (nSPS) is 26.2. The first-order valence-electron chi connectivity index (χ1n) is 9.61. The van der Waals surface area contributed by atoms with Gasteiger partial charge < -0.3 is 14.9 Å². The highest BCUT2D eigenvalue weighted by Crippen LogP contribution is 2.40. The van der Waals surface area contributed by atoms with E-state index in [4.69, 9.17) is 0 Å². The fraction of sp³-hybridized carbons (Fsp3) is 0.619. The van der Waals surface area contributed by atoms with Crippen molar-refractivity contribution in [3.63, 3.8) is 0 Å². The first-order chi connectivity index (χ1) is 12.3. The van der Waals surface area contributed by atoms with Crippen LogP contribution in [0.4, 0.5) is 0 Å². The fourth-order valence-electron chi connectivity index (χ4n) is 4.62. The first kappa shape index (κ1) is 18.9. The molecular formula is C21H30N2O3. The number of benzene rings is 1. The molecule has 0 radical (unpaired) electrons. The average Bonchev–Trinajstić information content (AvgIpc) is 3.09. The van der Waals surface area contributed by atoms with Crippen LogP contribution in [0.25, 0.3) is 0 Å². The average molecular weight is 358 g/mol. The topological polar surface area (TPSA) is 60.9 Å². The molecule has 0 aliphatic carbocycles. The molecule has 5 heteroatoms. The predicted molar refractivity (Wildman–Crippen MR) is 101 cm³/mol. The molecular weight excluding hydrogens is 328 g/mol. The monoisotopic (exact) mass is 358 g/mol. The zero-order chi connectivity index (χ0) is 18.9. The van der Waals surface area contributed by atoms with Gasteiger partial charge in [-0.05, 0) is 50.4 Å². The highest BCUT2D eigenvalue weighted by Gasteiger charge is 2.49. The van der Waals surface area contributed by atoms with Crippen molar-refractivity contribution in [1.82, 2.24) is 9.80 Å². The van der Waals surface area contributed by atoms with E-state index >= 15 is 0 Å². The van der Waals surface area contributed by atoms with Gasteiger partial charge in [-0.25, -0.2) is 0 Å². The van der Waals surface area contributed by atoms with Crippen LogP contribution in [-0.4, -0.2) is 60.0 Å². The van der Waals surface area contributed by atoms with Gasteiger partial charge in [0.1, 0.15) is 0 Å². The number of aliphatic carboxylic acids is 1. The Kier molecular flexibility index (Phi) is 5.37. The van der Waals surface area contributed by atoms with E-state index in [0.717, 1.165) is 31.5 Å². The molecule has 0 saturated carbocycles. The molecule has 2 saturated heterocycles. The van der Waals surface area contributed by atoms with Crippen molar-refractivity contribution in [3.05, 3.63) is 35.9 Å². The minimum atomic E-state index is -0.781.